The molecule has 1 aromatic rings. The average molecular weight is 231 g/mol. The first-order valence-electron chi connectivity index (χ1n) is 6.34. The summed E-state index contributed by atoms with van der Waals surface area (Å²) in [7, 11) is 0. The van der Waals surface area contributed by atoms with Crippen molar-refractivity contribution in [2.75, 3.05) is 13.2 Å². The van der Waals surface area contributed by atoms with Gasteiger partial charge in [-0.3, -0.25) is 0 Å². The van der Waals surface area contributed by atoms with E-state index in [1.54, 1.807) is 0 Å². The minimum absolute atomic E-state index is 0.378. The van der Waals surface area contributed by atoms with E-state index in [1.807, 2.05) is 0 Å². The van der Waals surface area contributed by atoms with Crippen LogP contribution in [-0.4, -0.2) is 13.2 Å². The van der Waals surface area contributed by atoms with Gasteiger partial charge in [-0.2, -0.15) is 0 Å². The van der Waals surface area contributed by atoms with Crippen LogP contribution in [0, 0.1) is 0 Å². The molecule has 0 saturated heterocycles. The Kier molecular flexibility index (Phi) is 3.85. The second kappa shape index (κ2) is 5.37. The number of hydrogen-bond acceptors (Lipinski definition) is 2. The van der Waals surface area contributed by atoms with E-state index in [0.717, 1.165) is 31.7 Å². The monoisotopic (exact) mass is 231 g/mol. The van der Waals surface area contributed by atoms with Gasteiger partial charge in [0.25, 0.3) is 0 Å². The molecule has 0 bridgehead atoms. The van der Waals surface area contributed by atoms with Gasteiger partial charge in [0.2, 0.25) is 0 Å². The zero-order valence-electron chi connectivity index (χ0n) is 10.8. The fraction of sp³-hybridized carbons (Fsp3) is 0.467. The molecule has 92 valence electrons. The first-order valence-corrected chi connectivity index (χ1v) is 6.34. The summed E-state index contributed by atoms with van der Waals surface area (Å²) >= 11 is 0. The van der Waals surface area contributed by atoms with Crippen LogP contribution in [0.25, 0.3) is 0 Å². The van der Waals surface area contributed by atoms with E-state index in [-0.39, 0.29) is 0 Å². The van der Waals surface area contributed by atoms with Crippen molar-refractivity contribution in [1.29, 1.82) is 0 Å². The van der Waals surface area contributed by atoms with Crippen molar-refractivity contribution < 1.29 is 4.74 Å². The topological polar surface area (TPSA) is 21.3 Å². The standard InChI is InChI=1S/C15H21NO/c1-4-16-14(9-11(2)3)12-5-6-15-13(10-12)7-8-17-15/h5-6,10,14,16H,2,4,7-9H2,1,3H3. The van der Waals surface area contributed by atoms with E-state index in [9.17, 15) is 0 Å². The maximum Gasteiger partial charge on any atom is 0.122 e. The highest BCUT2D eigenvalue weighted by Gasteiger charge is 2.16. The van der Waals surface area contributed by atoms with Crippen LogP contribution >= 0.6 is 0 Å². The van der Waals surface area contributed by atoms with Gasteiger partial charge in [-0.15, -0.1) is 6.58 Å². The third-order valence-electron chi connectivity index (χ3n) is 3.12. The highest BCUT2D eigenvalue weighted by atomic mass is 16.5. The van der Waals surface area contributed by atoms with Crippen LogP contribution < -0.4 is 10.1 Å². The van der Waals surface area contributed by atoms with Crippen LogP contribution in [0.1, 0.15) is 37.4 Å². The molecule has 1 heterocycles. The summed E-state index contributed by atoms with van der Waals surface area (Å²) in [5.41, 5.74) is 3.90. The second-order valence-electron chi connectivity index (χ2n) is 4.74. The summed E-state index contributed by atoms with van der Waals surface area (Å²) in [5.74, 6) is 1.05. The maximum atomic E-state index is 5.54. The summed E-state index contributed by atoms with van der Waals surface area (Å²) in [6.45, 7) is 10.0. The highest BCUT2D eigenvalue weighted by molar-refractivity contribution is 5.41. The van der Waals surface area contributed by atoms with E-state index >= 15 is 0 Å². The molecule has 1 unspecified atom stereocenters. The molecule has 2 heteroatoms. The van der Waals surface area contributed by atoms with Gasteiger partial charge in [0, 0.05) is 12.5 Å². The summed E-state index contributed by atoms with van der Waals surface area (Å²) in [6, 6.07) is 6.92. The molecule has 0 spiro atoms. The second-order valence-corrected chi connectivity index (χ2v) is 4.74. The molecule has 1 aliphatic rings. The van der Waals surface area contributed by atoms with Gasteiger partial charge in [0.15, 0.2) is 0 Å². The first kappa shape index (κ1) is 12.2. The third-order valence-corrected chi connectivity index (χ3v) is 3.12. The van der Waals surface area contributed by atoms with Crippen molar-refractivity contribution in [2.24, 2.45) is 0 Å². The molecule has 2 rings (SSSR count). The smallest absolute Gasteiger partial charge is 0.122 e. The van der Waals surface area contributed by atoms with Gasteiger partial charge >= 0.3 is 0 Å². The molecule has 1 N–H and O–H groups in total. The van der Waals surface area contributed by atoms with E-state index in [4.69, 9.17) is 4.74 Å². The molecule has 0 amide bonds. The first-order chi connectivity index (χ1) is 8.20. The van der Waals surface area contributed by atoms with Crippen LogP contribution in [0.5, 0.6) is 5.75 Å². The molecular weight excluding hydrogens is 210 g/mol. The Balaban J connectivity index is 2.20. The van der Waals surface area contributed by atoms with Crippen molar-refractivity contribution in [1.82, 2.24) is 5.32 Å². The van der Waals surface area contributed by atoms with Gasteiger partial charge in [0.05, 0.1) is 6.61 Å². The lowest BCUT2D eigenvalue weighted by molar-refractivity contribution is 0.356. The lowest BCUT2D eigenvalue weighted by Crippen LogP contribution is -2.21. The predicted octanol–water partition coefficient (Wildman–Crippen LogP) is 3.24. The third kappa shape index (κ3) is 2.89. The molecule has 1 atom stereocenters. The highest BCUT2D eigenvalue weighted by Crippen LogP contribution is 2.29. The summed E-state index contributed by atoms with van der Waals surface area (Å²) < 4.78 is 5.54. The molecule has 0 radical (unpaired) electrons. The minimum atomic E-state index is 0.378. The summed E-state index contributed by atoms with van der Waals surface area (Å²) in [4.78, 5) is 0. The van der Waals surface area contributed by atoms with Crippen molar-refractivity contribution in [3.05, 3.63) is 41.5 Å². The van der Waals surface area contributed by atoms with Crippen LogP contribution in [0.4, 0.5) is 0 Å². The molecule has 0 saturated carbocycles. The van der Waals surface area contributed by atoms with Crippen molar-refractivity contribution in [3.63, 3.8) is 0 Å². The number of nitrogens with one attached hydrogen (secondary N) is 1. The predicted molar refractivity (Wildman–Crippen MR) is 71.5 cm³/mol. The van der Waals surface area contributed by atoms with Crippen LogP contribution in [0.2, 0.25) is 0 Å². The van der Waals surface area contributed by atoms with Crippen LogP contribution in [0.3, 0.4) is 0 Å². The fourth-order valence-electron chi connectivity index (χ4n) is 2.33. The number of benzene rings is 1. The lowest BCUT2D eigenvalue weighted by atomic mass is 9.97. The van der Waals surface area contributed by atoms with E-state index in [1.165, 1.54) is 16.7 Å². The number of fused-ring (bicyclic) bond motifs is 1. The largest absolute Gasteiger partial charge is 0.493 e. The van der Waals surface area contributed by atoms with Gasteiger partial charge in [0.1, 0.15) is 5.75 Å². The fourth-order valence-corrected chi connectivity index (χ4v) is 2.33. The molecule has 1 aromatic carbocycles. The van der Waals surface area contributed by atoms with Crippen molar-refractivity contribution >= 4 is 0 Å². The van der Waals surface area contributed by atoms with Crippen molar-refractivity contribution in [3.8, 4) is 5.75 Å². The Morgan fingerprint density at radius 3 is 3.06 bits per heavy atom. The molecule has 0 aromatic heterocycles. The molecule has 17 heavy (non-hydrogen) atoms. The zero-order chi connectivity index (χ0) is 12.3. The molecule has 2 nitrogen and oxygen atoms in total. The normalized spacial score (nSPS) is 15.2. The van der Waals surface area contributed by atoms with E-state index < -0.39 is 0 Å². The Morgan fingerprint density at radius 2 is 2.35 bits per heavy atom. The summed E-state index contributed by atoms with van der Waals surface area (Å²) in [6.07, 6.45) is 2.03. The average Bonchev–Trinajstić information content (AvgIpc) is 2.74. The Bertz CT molecular complexity index is 411. The van der Waals surface area contributed by atoms with Gasteiger partial charge in [-0.25, -0.2) is 0 Å². The zero-order valence-corrected chi connectivity index (χ0v) is 10.8. The summed E-state index contributed by atoms with van der Waals surface area (Å²) in [5, 5.41) is 3.52. The molecule has 0 aliphatic carbocycles. The van der Waals surface area contributed by atoms with Crippen molar-refractivity contribution in [2.45, 2.75) is 32.7 Å². The Hall–Kier alpha value is -1.28. The number of hydrogen-bond donors (Lipinski definition) is 1. The van der Waals surface area contributed by atoms with Crippen LogP contribution in [0.15, 0.2) is 30.4 Å². The van der Waals surface area contributed by atoms with Gasteiger partial charge in [-0.05, 0) is 37.1 Å². The molecule has 1 aliphatic heterocycles. The number of rotatable bonds is 5. The Morgan fingerprint density at radius 1 is 1.53 bits per heavy atom. The number of ether oxygens (including phenoxy) is 1. The molecule has 0 fully saturated rings. The van der Waals surface area contributed by atoms with E-state index in [0.29, 0.717) is 6.04 Å². The van der Waals surface area contributed by atoms with Gasteiger partial charge in [-0.1, -0.05) is 24.6 Å². The molecular formula is C15H21NO. The maximum absolute atomic E-state index is 5.54. The SMILES string of the molecule is C=C(C)CC(NCC)c1ccc2c(c1)CCO2. The quantitative estimate of drug-likeness (QED) is 0.785. The van der Waals surface area contributed by atoms with E-state index in [2.05, 4.69) is 43.9 Å². The van der Waals surface area contributed by atoms with Gasteiger partial charge < -0.3 is 10.1 Å². The minimum Gasteiger partial charge on any atom is -0.493 e. The Labute approximate surface area is 104 Å². The lowest BCUT2D eigenvalue weighted by Gasteiger charge is -2.19. The van der Waals surface area contributed by atoms with Crippen LogP contribution in [-0.2, 0) is 6.42 Å².